The maximum atomic E-state index is 12.8. The van der Waals surface area contributed by atoms with Crippen molar-refractivity contribution >= 4 is 29.3 Å². The van der Waals surface area contributed by atoms with E-state index in [1.807, 2.05) is 49.4 Å². The Hall–Kier alpha value is -3.74. The van der Waals surface area contributed by atoms with Crippen LogP contribution in [0.1, 0.15) is 17.5 Å². The minimum atomic E-state index is -0.802. The summed E-state index contributed by atoms with van der Waals surface area (Å²) in [6, 6.07) is 15.9. The van der Waals surface area contributed by atoms with Gasteiger partial charge in [-0.2, -0.15) is 0 Å². The average molecular weight is 405 g/mol. The third-order valence-electron chi connectivity index (χ3n) is 4.72. The number of hydrogen-bond donors (Lipinski definition) is 2. The molecule has 2 aromatic rings. The van der Waals surface area contributed by atoms with Gasteiger partial charge in [-0.25, -0.2) is 0 Å². The first-order valence-electron chi connectivity index (χ1n) is 9.67. The largest absolute Gasteiger partial charge is 0.344 e. The van der Waals surface area contributed by atoms with Crippen molar-refractivity contribution in [1.29, 1.82) is 0 Å². The highest BCUT2D eigenvalue weighted by atomic mass is 16.2. The van der Waals surface area contributed by atoms with Crippen molar-refractivity contribution in [3.8, 4) is 0 Å². The molecule has 1 atom stereocenters. The van der Waals surface area contributed by atoms with Gasteiger partial charge in [-0.05, 0) is 24.6 Å². The van der Waals surface area contributed by atoms with E-state index in [-0.39, 0.29) is 18.9 Å². The maximum absolute atomic E-state index is 12.8. The van der Waals surface area contributed by atoms with Gasteiger partial charge < -0.3 is 10.6 Å². The molecule has 2 N–H and O–H groups in total. The lowest BCUT2D eigenvalue weighted by molar-refractivity contribution is -0.137. The van der Waals surface area contributed by atoms with E-state index in [0.29, 0.717) is 12.1 Å². The molecular formula is C23H23N3O4. The van der Waals surface area contributed by atoms with E-state index < -0.39 is 23.8 Å². The first-order valence-corrected chi connectivity index (χ1v) is 9.67. The number of nitrogens with zero attached hydrogens (tertiary/aromatic N) is 1. The van der Waals surface area contributed by atoms with Crippen LogP contribution in [0.2, 0.25) is 0 Å². The summed E-state index contributed by atoms with van der Waals surface area (Å²) in [5.74, 6) is -1.63. The minimum absolute atomic E-state index is 0.0336. The highest BCUT2D eigenvalue weighted by Gasteiger charge is 2.25. The number of carbonyl (C=O) groups excluding carboxylic acids is 4. The van der Waals surface area contributed by atoms with Crippen LogP contribution in [-0.4, -0.2) is 41.1 Å². The van der Waals surface area contributed by atoms with Crippen molar-refractivity contribution in [2.75, 3.05) is 11.9 Å². The van der Waals surface area contributed by atoms with Gasteiger partial charge in [0.05, 0.1) is 0 Å². The lowest BCUT2D eigenvalue weighted by atomic mass is 10.0. The molecule has 0 aliphatic carbocycles. The van der Waals surface area contributed by atoms with Crippen LogP contribution in [0.3, 0.4) is 0 Å². The zero-order valence-electron chi connectivity index (χ0n) is 16.6. The van der Waals surface area contributed by atoms with Crippen LogP contribution in [0.15, 0.2) is 66.7 Å². The quantitative estimate of drug-likeness (QED) is 0.657. The summed E-state index contributed by atoms with van der Waals surface area (Å²) in [7, 11) is 0. The Morgan fingerprint density at radius 3 is 2.20 bits per heavy atom. The number of anilines is 1. The second-order valence-electron chi connectivity index (χ2n) is 7.08. The highest BCUT2D eigenvalue weighted by molar-refractivity contribution is 6.13. The predicted molar refractivity (Wildman–Crippen MR) is 112 cm³/mol. The molecule has 0 spiro atoms. The number of nitrogens with one attached hydrogen (secondary N) is 2. The van der Waals surface area contributed by atoms with E-state index >= 15 is 0 Å². The number of aryl methyl sites for hydroxylation is 1. The van der Waals surface area contributed by atoms with Gasteiger partial charge in [-0.15, -0.1) is 0 Å². The van der Waals surface area contributed by atoms with Gasteiger partial charge >= 0.3 is 0 Å². The molecule has 0 saturated heterocycles. The first-order chi connectivity index (χ1) is 14.4. The molecule has 3 rings (SSSR count). The van der Waals surface area contributed by atoms with Crippen molar-refractivity contribution < 1.29 is 19.2 Å². The van der Waals surface area contributed by atoms with Gasteiger partial charge in [0.1, 0.15) is 6.04 Å². The van der Waals surface area contributed by atoms with Crippen LogP contribution in [0.4, 0.5) is 5.69 Å². The molecule has 0 saturated carbocycles. The summed E-state index contributed by atoms with van der Waals surface area (Å²) in [5, 5.41) is 5.55. The number of rotatable bonds is 8. The molecule has 0 bridgehead atoms. The Morgan fingerprint density at radius 1 is 0.933 bits per heavy atom. The summed E-state index contributed by atoms with van der Waals surface area (Å²) in [5.41, 5.74) is 2.61. The van der Waals surface area contributed by atoms with Crippen LogP contribution >= 0.6 is 0 Å². The van der Waals surface area contributed by atoms with E-state index in [1.54, 1.807) is 12.1 Å². The fraction of sp³-hybridized carbons (Fsp3) is 0.217. The molecule has 30 heavy (non-hydrogen) atoms. The molecule has 0 aromatic heterocycles. The third kappa shape index (κ3) is 5.64. The maximum Gasteiger partial charge on any atom is 0.253 e. The van der Waals surface area contributed by atoms with Crippen LogP contribution < -0.4 is 10.6 Å². The highest BCUT2D eigenvalue weighted by Crippen LogP contribution is 2.11. The summed E-state index contributed by atoms with van der Waals surface area (Å²) in [6.07, 6.45) is 2.58. The molecule has 1 aliphatic rings. The molecule has 154 valence electrons. The Kier molecular flexibility index (Phi) is 6.75. The van der Waals surface area contributed by atoms with Crippen molar-refractivity contribution in [3.05, 3.63) is 77.9 Å². The average Bonchev–Trinajstić information content (AvgIpc) is 3.06. The lowest BCUT2D eigenvalue weighted by Crippen LogP contribution is -2.46. The van der Waals surface area contributed by atoms with Crippen molar-refractivity contribution in [2.45, 2.75) is 25.8 Å². The van der Waals surface area contributed by atoms with Gasteiger partial charge in [0.2, 0.25) is 11.8 Å². The summed E-state index contributed by atoms with van der Waals surface area (Å²) >= 11 is 0. The van der Waals surface area contributed by atoms with E-state index in [2.05, 4.69) is 10.6 Å². The molecular weight excluding hydrogens is 382 g/mol. The lowest BCUT2D eigenvalue weighted by Gasteiger charge is -2.20. The topological polar surface area (TPSA) is 95.6 Å². The van der Waals surface area contributed by atoms with Gasteiger partial charge in [0.25, 0.3) is 11.8 Å². The second kappa shape index (κ2) is 9.65. The zero-order chi connectivity index (χ0) is 21.5. The van der Waals surface area contributed by atoms with E-state index in [9.17, 15) is 19.2 Å². The first kappa shape index (κ1) is 21.0. The van der Waals surface area contributed by atoms with Gasteiger partial charge in [0.15, 0.2) is 0 Å². The number of hydrogen-bond acceptors (Lipinski definition) is 4. The van der Waals surface area contributed by atoms with Gasteiger partial charge in [-0.1, -0.05) is 48.0 Å². The molecule has 7 heteroatoms. The molecule has 7 nitrogen and oxygen atoms in total. The second-order valence-corrected chi connectivity index (χ2v) is 7.08. The zero-order valence-corrected chi connectivity index (χ0v) is 16.6. The molecule has 0 fully saturated rings. The van der Waals surface area contributed by atoms with Crippen LogP contribution in [0.25, 0.3) is 0 Å². The Balaban J connectivity index is 1.64. The Morgan fingerprint density at radius 2 is 1.57 bits per heavy atom. The summed E-state index contributed by atoms with van der Waals surface area (Å²) < 4.78 is 0. The molecule has 0 radical (unpaired) electrons. The fourth-order valence-corrected chi connectivity index (χ4v) is 3.06. The molecule has 1 heterocycles. The summed E-state index contributed by atoms with van der Waals surface area (Å²) in [4.78, 5) is 49.5. The number of imide groups is 1. The normalized spacial score (nSPS) is 14.0. The van der Waals surface area contributed by atoms with E-state index in [1.165, 1.54) is 12.2 Å². The van der Waals surface area contributed by atoms with E-state index in [0.717, 1.165) is 16.0 Å². The predicted octanol–water partition coefficient (Wildman–Crippen LogP) is 1.98. The van der Waals surface area contributed by atoms with Gasteiger partial charge in [0, 0.05) is 37.2 Å². The molecule has 0 unspecified atom stereocenters. The molecule has 1 aliphatic heterocycles. The van der Waals surface area contributed by atoms with Crippen LogP contribution in [0.5, 0.6) is 0 Å². The Labute approximate surface area is 174 Å². The van der Waals surface area contributed by atoms with E-state index in [4.69, 9.17) is 0 Å². The van der Waals surface area contributed by atoms with Crippen LogP contribution in [-0.2, 0) is 25.6 Å². The Bertz CT molecular complexity index is 950. The van der Waals surface area contributed by atoms with Gasteiger partial charge in [-0.3, -0.25) is 24.1 Å². The molecule has 2 aromatic carbocycles. The summed E-state index contributed by atoms with van der Waals surface area (Å²) in [6.45, 7) is 1.92. The number of carbonyl (C=O) groups is 4. The van der Waals surface area contributed by atoms with Crippen molar-refractivity contribution in [3.63, 3.8) is 0 Å². The minimum Gasteiger partial charge on any atom is -0.344 e. The van der Waals surface area contributed by atoms with Crippen LogP contribution in [0, 0.1) is 6.92 Å². The molecule has 4 amide bonds. The fourth-order valence-electron chi connectivity index (χ4n) is 3.06. The standard InChI is InChI=1S/C23H23N3O4/c1-16-7-9-18(10-8-16)24-23(30)19(15-17-5-3-2-4-6-17)25-20(27)13-14-26-21(28)11-12-22(26)29/h2-12,19H,13-15H2,1H3,(H,24,30)(H,25,27)/t19-/m0/s1. The number of amides is 4. The van der Waals surface area contributed by atoms with Crippen molar-refractivity contribution in [1.82, 2.24) is 10.2 Å². The van der Waals surface area contributed by atoms with Crippen molar-refractivity contribution in [2.24, 2.45) is 0 Å². The smallest absolute Gasteiger partial charge is 0.253 e. The SMILES string of the molecule is Cc1ccc(NC(=O)[C@H](Cc2ccccc2)NC(=O)CCN2C(=O)C=CC2=O)cc1. The monoisotopic (exact) mass is 405 g/mol. The number of benzene rings is 2. The third-order valence-corrected chi connectivity index (χ3v) is 4.72.